The highest BCUT2D eigenvalue weighted by Crippen LogP contribution is 2.26. The molecule has 1 amide bonds. The van der Waals surface area contributed by atoms with Gasteiger partial charge in [-0.2, -0.15) is 0 Å². The van der Waals surface area contributed by atoms with E-state index < -0.39 is 0 Å². The number of para-hydroxylation sites is 1. The number of hydrogen-bond acceptors (Lipinski definition) is 4. The van der Waals surface area contributed by atoms with Crippen LogP contribution in [0.15, 0.2) is 84.9 Å². The van der Waals surface area contributed by atoms with E-state index in [1.165, 1.54) is 5.56 Å². The predicted octanol–water partition coefficient (Wildman–Crippen LogP) is 5.47. The van der Waals surface area contributed by atoms with Crippen molar-refractivity contribution in [3.63, 3.8) is 0 Å². The number of aromatic nitrogens is 2. The molecule has 0 saturated carbocycles. The predicted molar refractivity (Wildman–Crippen MR) is 134 cm³/mol. The van der Waals surface area contributed by atoms with Crippen LogP contribution >= 0.6 is 0 Å². The summed E-state index contributed by atoms with van der Waals surface area (Å²) in [5, 5.41) is 4.13. The zero-order chi connectivity index (χ0) is 23.0. The Kier molecular flexibility index (Phi) is 7.30. The SMILES string of the molecule is CCc1nc(N(CCC(=O)N[C@@H](C)c2ccccc2)Cc2ccccc2)c2ccccc2n1. The molecule has 0 aliphatic rings. The summed E-state index contributed by atoms with van der Waals surface area (Å²) in [4.78, 5) is 24.6. The average Bonchev–Trinajstić information content (AvgIpc) is 2.87. The van der Waals surface area contributed by atoms with E-state index in [1.54, 1.807) is 0 Å². The average molecular weight is 439 g/mol. The Morgan fingerprint density at radius 3 is 2.30 bits per heavy atom. The molecule has 4 aromatic rings. The van der Waals surface area contributed by atoms with Crippen molar-refractivity contribution in [2.45, 2.75) is 39.3 Å². The first-order valence-electron chi connectivity index (χ1n) is 11.5. The molecule has 33 heavy (non-hydrogen) atoms. The van der Waals surface area contributed by atoms with Crippen LogP contribution < -0.4 is 10.2 Å². The summed E-state index contributed by atoms with van der Waals surface area (Å²) in [6.45, 7) is 5.31. The number of carbonyl (C=O) groups is 1. The van der Waals surface area contributed by atoms with Gasteiger partial charge >= 0.3 is 0 Å². The van der Waals surface area contributed by atoms with E-state index in [4.69, 9.17) is 9.97 Å². The second-order valence-corrected chi connectivity index (χ2v) is 8.19. The smallest absolute Gasteiger partial charge is 0.222 e. The quantitative estimate of drug-likeness (QED) is 0.377. The maximum absolute atomic E-state index is 12.8. The van der Waals surface area contributed by atoms with E-state index in [0.29, 0.717) is 19.5 Å². The van der Waals surface area contributed by atoms with Crippen LogP contribution in [0.3, 0.4) is 0 Å². The lowest BCUT2D eigenvalue weighted by atomic mass is 10.1. The van der Waals surface area contributed by atoms with Crippen molar-refractivity contribution in [2.75, 3.05) is 11.4 Å². The molecule has 1 aromatic heterocycles. The van der Waals surface area contributed by atoms with E-state index in [0.717, 1.165) is 34.5 Å². The van der Waals surface area contributed by atoms with Gasteiger partial charge in [0.1, 0.15) is 11.6 Å². The van der Waals surface area contributed by atoms with Gasteiger partial charge in [-0.05, 0) is 30.2 Å². The van der Waals surface area contributed by atoms with Gasteiger partial charge in [0.15, 0.2) is 0 Å². The van der Waals surface area contributed by atoms with E-state index in [9.17, 15) is 4.79 Å². The van der Waals surface area contributed by atoms with Crippen LogP contribution in [-0.4, -0.2) is 22.4 Å². The molecule has 5 nitrogen and oxygen atoms in total. The normalized spacial score (nSPS) is 11.8. The van der Waals surface area contributed by atoms with Crippen molar-refractivity contribution in [3.8, 4) is 0 Å². The summed E-state index contributed by atoms with van der Waals surface area (Å²) in [5.74, 6) is 1.72. The van der Waals surface area contributed by atoms with Crippen LogP contribution in [0.2, 0.25) is 0 Å². The number of aryl methyl sites for hydroxylation is 1. The van der Waals surface area contributed by atoms with E-state index in [-0.39, 0.29) is 11.9 Å². The summed E-state index contributed by atoms with van der Waals surface area (Å²) in [6, 6.07) is 28.4. The minimum absolute atomic E-state index is 0.0264. The molecular weight excluding hydrogens is 408 g/mol. The fourth-order valence-electron chi connectivity index (χ4n) is 3.94. The van der Waals surface area contributed by atoms with Gasteiger partial charge in [0.25, 0.3) is 0 Å². The van der Waals surface area contributed by atoms with Crippen LogP contribution in [0.25, 0.3) is 10.9 Å². The standard InChI is InChI=1S/C28H30N4O/c1-3-26-30-25-17-11-10-16-24(25)28(31-26)32(20-22-12-6-4-7-13-22)19-18-27(33)29-21(2)23-14-8-5-9-15-23/h4-17,21H,3,18-20H2,1-2H3,(H,29,33)/t21-/m0/s1. The number of amides is 1. The summed E-state index contributed by atoms with van der Waals surface area (Å²) in [7, 11) is 0. The second kappa shape index (κ2) is 10.7. The minimum Gasteiger partial charge on any atom is -0.351 e. The highest BCUT2D eigenvalue weighted by Gasteiger charge is 2.17. The molecule has 3 aromatic carbocycles. The monoisotopic (exact) mass is 438 g/mol. The fraction of sp³-hybridized carbons (Fsp3) is 0.250. The van der Waals surface area contributed by atoms with Gasteiger partial charge in [-0.25, -0.2) is 9.97 Å². The Labute approximate surface area is 195 Å². The zero-order valence-corrected chi connectivity index (χ0v) is 19.2. The third-order valence-corrected chi connectivity index (χ3v) is 5.75. The van der Waals surface area contributed by atoms with E-state index in [2.05, 4.69) is 35.3 Å². The number of carbonyl (C=O) groups excluding carboxylic acids is 1. The summed E-state index contributed by atoms with van der Waals surface area (Å²) < 4.78 is 0. The van der Waals surface area contributed by atoms with Gasteiger partial charge in [0.2, 0.25) is 5.91 Å². The Bertz CT molecular complexity index is 1190. The van der Waals surface area contributed by atoms with Gasteiger partial charge in [0, 0.05) is 31.3 Å². The molecule has 1 N–H and O–H groups in total. The van der Waals surface area contributed by atoms with E-state index >= 15 is 0 Å². The summed E-state index contributed by atoms with van der Waals surface area (Å²) in [6.07, 6.45) is 1.13. The number of benzene rings is 3. The van der Waals surface area contributed by atoms with Crippen LogP contribution in [0.1, 0.15) is 43.3 Å². The number of rotatable bonds is 9. The summed E-state index contributed by atoms with van der Waals surface area (Å²) in [5.41, 5.74) is 3.21. The molecule has 0 aliphatic carbocycles. The van der Waals surface area contributed by atoms with Crippen LogP contribution in [0.4, 0.5) is 5.82 Å². The first-order chi connectivity index (χ1) is 16.1. The minimum atomic E-state index is -0.0344. The van der Waals surface area contributed by atoms with Gasteiger partial charge in [-0.1, -0.05) is 79.7 Å². The Morgan fingerprint density at radius 1 is 0.909 bits per heavy atom. The third-order valence-electron chi connectivity index (χ3n) is 5.75. The van der Waals surface area contributed by atoms with Crippen molar-refractivity contribution < 1.29 is 4.79 Å². The van der Waals surface area contributed by atoms with Gasteiger partial charge in [-0.15, -0.1) is 0 Å². The molecule has 4 rings (SSSR count). The highest BCUT2D eigenvalue weighted by molar-refractivity contribution is 5.89. The molecule has 0 aliphatic heterocycles. The molecule has 0 fully saturated rings. The zero-order valence-electron chi connectivity index (χ0n) is 19.2. The largest absolute Gasteiger partial charge is 0.351 e. The molecule has 0 bridgehead atoms. The van der Waals surface area contributed by atoms with Gasteiger partial charge in [-0.3, -0.25) is 4.79 Å². The van der Waals surface area contributed by atoms with Crippen LogP contribution in [0.5, 0.6) is 0 Å². The van der Waals surface area contributed by atoms with Gasteiger partial charge < -0.3 is 10.2 Å². The number of nitrogens with one attached hydrogen (secondary N) is 1. The molecule has 0 spiro atoms. The second-order valence-electron chi connectivity index (χ2n) is 8.19. The lowest BCUT2D eigenvalue weighted by Gasteiger charge is -2.26. The van der Waals surface area contributed by atoms with Crippen LogP contribution in [-0.2, 0) is 17.8 Å². The molecule has 168 valence electrons. The topological polar surface area (TPSA) is 58.1 Å². The third kappa shape index (κ3) is 5.75. The molecule has 0 unspecified atom stereocenters. The van der Waals surface area contributed by atoms with Crippen molar-refractivity contribution in [1.29, 1.82) is 0 Å². The maximum Gasteiger partial charge on any atom is 0.222 e. The maximum atomic E-state index is 12.8. The fourth-order valence-corrected chi connectivity index (χ4v) is 3.94. The molecule has 0 radical (unpaired) electrons. The van der Waals surface area contributed by atoms with Crippen LogP contribution in [0, 0.1) is 0 Å². The Morgan fingerprint density at radius 2 is 1.58 bits per heavy atom. The Hall–Kier alpha value is -3.73. The number of anilines is 1. The summed E-state index contributed by atoms with van der Waals surface area (Å²) >= 11 is 0. The first-order valence-corrected chi connectivity index (χ1v) is 11.5. The van der Waals surface area contributed by atoms with Gasteiger partial charge in [0.05, 0.1) is 11.6 Å². The lowest BCUT2D eigenvalue weighted by Crippen LogP contribution is -2.32. The number of hydrogen-bond donors (Lipinski definition) is 1. The van der Waals surface area contributed by atoms with Crippen molar-refractivity contribution in [3.05, 3.63) is 102 Å². The molecule has 1 atom stereocenters. The Balaban J connectivity index is 1.57. The number of nitrogens with zero attached hydrogens (tertiary/aromatic N) is 3. The molecule has 5 heteroatoms. The van der Waals surface area contributed by atoms with Crippen molar-refractivity contribution in [2.24, 2.45) is 0 Å². The number of fused-ring (bicyclic) bond motifs is 1. The lowest BCUT2D eigenvalue weighted by molar-refractivity contribution is -0.121. The molecule has 1 heterocycles. The highest BCUT2D eigenvalue weighted by atomic mass is 16.1. The molecule has 0 saturated heterocycles. The molecular formula is C28H30N4O. The first kappa shape index (κ1) is 22.5. The van der Waals surface area contributed by atoms with E-state index in [1.807, 2.05) is 73.7 Å². The van der Waals surface area contributed by atoms with Crippen molar-refractivity contribution in [1.82, 2.24) is 15.3 Å². The van der Waals surface area contributed by atoms with Crippen molar-refractivity contribution >= 4 is 22.6 Å².